The third-order valence-electron chi connectivity index (χ3n) is 4.26. The minimum Gasteiger partial charge on any atom is -0.478 e. The van der Waals surface area contributed by atoms with Crippen molar-refractivity contribution in [2.75, 3.05) is 0 Å². The summed E-state index contributed by atoms with van der Waals surface area (Å²) in [5.41, 5.74) is 2.74. The van der Waals surface area contributed by atoms with Gasteiger partial charge in [-0.1, -0.05) is 35.9 Å². The van der Waals surface area contributed by atoms with E-state index in [-0.39, 0.29) is 17.1 Å². The average molecular weight is 381 g/mol. The molecule has 4 rings (SSSR count). The lowest BCUT2D eigenvalue weighted by atomic mass is 9.99. The molecule has 2 heterocycles. The average Bonchev–Trinajstić information content (AvgIpc) is 3.12. The number of fused-ring (bicyclic) bond motifs is 1. The number of carbonyl (C=O) groups is 1. The highest BCUT2D eigenvalue weighted by molar-refractivity contribution is 6.34. The summed E-state index contributed by atoms with van der Waals surface area (Å²) in [5, 5.41) is 13.8. The molecule has 0 saturated heterocycles. The Morgan fingerprint density at radius 3 is 2.70 bits per heavy atom. The van der Waals surface area contributed by atoms with Crippen molar-refractivity contribution in [1.29, 1.82) is 0 Å². The van der Waals surface area contributed by atoms with E-state index < -0.39 is 5.97 Å². The molecule has 2 N–H and O–H groups in total. The van der Waals surface area contributed by atoms with E-state index in [1.807, 2.05) is 31.2 Å². The van der Waals surface area contributed by atoms with Crippen LogP contribution in [0.15, 0.2) is 53.6 Å². The molecular weight excluding hydrogens is 368 g/mol. The predicted molar refractivity (Wildman–Crippen MR) is 102 cm³/mol. The Hall–Kier alpha value is -3.45. The minimum atomic E-state index is -1.12. The standard InChI is InChI=1S/C19H13ClN4O3/c1-10-4-2-3-5-12(10)13-6-14-16(7-15(13)20)22-19(23-17(14)25)24-9-11(8-21-24)18(26)27/h2-9H,1H3,(H,26,27)(H,22,23,25). The van der Waals surface area contributed by atoms with E-state index in [1.165, 1.54) is 17.1 Å². The number of halogens is 1. The molecule has 0 aliphatic rings. The molecule has 0 bridgehead atoms. The number of nitrogens with one attached hydrogen (secondary N) is 1. The van der Waals surface area contributed by atoms with E-state index in [0.717, 1.165) is 16.7 Å². The van der Waals surface area contributed by atoms with Gasteiger partial charge in [-0.2, -0.15) is 5.10 Å². The lowest BCUT2D eigenvalue weighted by Crippen LogP contribution is -2.14. The van der Waals surface area contributed by atoms with Gasteiger partial charge in [-0.15, -0.1) is 0 Å². The van der Waals surface area contributed by atoms with E-state index in [0.29, 0.717) is 15.9 Å². The monoisotopic (exact) mass is 380 g/mol. The van der Waals surface area contributed by atoms with Crippen molar-refractivity contribution in [3.8, 4) is 17.1 Å². The first-order chi connectivity index (χ1) is 12.9. The molecule has 2 aromatic carbocycles. The number of hydrogen-bond acceptors (Lipinski definition) is 4. The molecule has 4 aromatic rings. The number of carboxylic acids is 1. The molecule has 7 nitrogen and oxygen atoms in total. The van der Waals surface area contributed by atoms with Gasteiger partial charge in [0, 0.05) is 11.8 Å². The van der Waals surface area contributed by atoms with Crippen LogP contribution in [0.5, 0.6) is 0 Å². The number of H-pyrrole nitrogens is 1. The molecule has 8 heteroatoms. The normalized spacial score (nSPS) is 11.0. The van der Waals surface area contributed by atoms with Crippen molar-refractivity contribution >= 4 is 28.5 Å². The summed E-state index contributed by atoms with van der Waals surface area (Å²) in [6.07, 6.45) is 2.45. The van der Waals surface area contributed by atoms with Crippen molar-refractivity contribution in [3.05, 3.63) is 75.3 Å². The zero-order valence-electron chi connectivity index (χ0n) is 14.1. The molecule has 134 valence electrons. The van der Waals surface area contributed by atoms with Gasteiger partial charge >= 0.3 is 5.97 Å². The number of benzene rings is 2. The number of aromatic nitrogens is 4. The SMILES string of the molecule is Cc1ccccc1-c1cc2c(=O)[nH]c(-n3cc(C(=O)O)cn3)nc2cc1Cl. The van der Waals surface area contributed by atoms with Gasteiger partial charge in [-0.25, -0.2) is 14.5 Å². The van der Waals surface area contributed by atoms with Crippen molar-refractivity contribution in [1.82, 2.24) is 19.7 Å². The summed E-state index contributed by atoms with van der Waals surface area (Å²) in [6, 6.07) is 11.1. The molecule has 0 aliphatic heterocycles. The summed E-state index contributed by atoms with van der Waals surface area (Å²) in [5.74, 6) is -1.00. The quantitative estimate of drug-likeness (QED) is 0.567. The molecule has 0 atom stereocenters. The lowest BCUT2D eigenvalue weighted by Gasteiger charge is -2.10. The highest BCUT2D eigenvalue weighted by atomic mass is 35.5. The molecule has 0 amide bonds. The number of carboxylic acid groups (broad SMARTS) is 1. The van der Waals surface area contributed by atoms with Gasteiger partial charge in [-0.3, -0.25) is 9.78 Å². The smallest absolute Gasteiger partial charge is 0.338 e. The van der Waals surface area contributed by atoms with E-state index in [4.69, 9.17) is 16.7 Å². The van der Waals surface area contributed by atoms with E-state index in [2.05, 4.69) is 15.1 Å². The molecule has 27 heavy (non-hydrogen) atoms. The topological polar surface area (TPSA) is 101 Å². The minimum absolute atomic E-state index is 0.00863. The third kappa shape index (κ3) is 2.98. The maximum absolute atomic E-state index is 12.6. The molecule has 0 spiro atoms. The first kappa shape index (κ1) is 17.0. The fourth-order valence-electron chi connectivity index (χ4n) is 2.89. The van der Waals surface area contributed by atoms with Crippen LogP contribution in [0.1, 0.15) is 15.9 Å². The van der Waals surface area contributed by atoms with E-state index in [1.54, 1.807) is 12.1 Å². The summed E-state index contributed by atoms with van der Waals surface area (Å²) in [4.78, 5) is 30.6. The maximum Gasteiger partial charge on any atom is 0.338 e. The van der Waals surface area contributed by atoms with Crippen molar-refractivity contribution in [2.24, 2.45) is 0 Å². The summed E-state index contributed by atoms with van der Waals surface area (Å²) in [6.45, 7) is 1.97. The fraction of sp³-hybridized carbons (Fsp3) is 0.0526. The molecule has 0 unspecified atom stereocenters. The Kier molecular flexibility index (Phi) is 4.01. The Bertz CT molecular complexity index is 1260. The van der Waals surface area contributed by atoms with Crippen molar-refractivity contribution in [2.45, 2.75) is 6.92 Å². The van der Waals surface area contributed by atoms with Crippen LogP contribution in [0, 0.1) is 6.92 Å². The number of nitrogens with zero attached hydrogens (tertiary/aromatic N) is 3. The number of hydrogen-bond donors (Lipinski definition) is 2. The van der Waals surface area contributed by atoms with Crippen LogP contribution in [-0.2, 0) is 0 Å². The summed E-state index contributed by atoms with van der Waals surface area (Å²) >= 11 is 6.45. The molecule has 0 saturated carbocycles. The van der Waals surface area contributed by atoms with Crippen LogP contribution >= 0.6 is 11.6 Å². The van der Waals surface area contributed by atoms with Crippen LogP contribution in [0.25, 0.3) is 28.0 Å². The Labute approximate surface area is 157 Å². The Morgan fingerprint density at radius 2 is 2.00 bits per heavy atom. The lowest BCUT2D eigenvalue weighted by molar-refractivity contribution is 0.0697. The van der Waals surface area contributed by atoms with Crippen LogP contribution in [0.2, 0.25) is 5.02 Å². The Balaban J connectivity index is 1.89. The molecule has 0 fully saturated rings. The van der Waals surface area contributed by atoms with Gasteiger partial charge < -0.3 is 5.11 Å². The van der Waals surface area contributed by atoms with Gasteiger partial charge in [0.2, 0.25) is 5.95 Å². The van der Waals surface area contributed by atoms with Crippen LogP contribution in [-0.4, -0.2) is 30.8 Å². The molecule has 0 radical (unpaired) electrons. The number of aromatic amines is 1. The van der Waals surface area contributed by atoms with Gasteiger partial charge in [0.05, 0.1) is 27.7 Å². The molecular formula is C19H13ClN4O3. The fourth-order valence-corrected chi connectivity index (χ4v) is 3.15. The first-order valence-corrected chi connectivity index (χ1v) is 8.40. The van der Waals surface area contributed by atoms with Crippen LogP contribution in [0.4, 0.5) is 0 Å². The van der Waals surface area contributed by atoms with Gasteiger partial charge in [0.1, 0.15) is 0 Å². The highest BCUT2D eigenvalue weighted by Crippen LogP contribution is 2.32. The summed E-state index contributed by atoms with van der Waals surface area (Å²) < 4.78 is 1.20. The third-order valence-corrected chi connectivity index (χ3v) is 4.58. The largest absolute Gasteiger partial charge is 0.478 e. The number of aryl methyl sites for hydroxylation is 1. The second-order valence-corrected chi connectivity index (χ2v) is 6.44. The molecule has 0 aliphatic carbocycles. The van der Waals surface area contributed by atoms with Gasteiger partial charge in [0.25, 0.3) is 5.56 Å². The predicted octanol–water partition coefficient (Wildman–Crippen LogP) is 3.44. The summed E-state index contributed by atoms with van der Waals surface area (Å²) in [7, 11) is 0. The van der Waals surface area contributed by atoms with Crippen molar-refractivity contribution < 1.29 is 9.90 Å². The van der Waals surface area contributed by atoms with E-state index in [9.17, 15) is 9.59 Å². The van der Waals surface area contributed by atoms with Gasteiger partial charge in [0.15, 0.2) is 0 Å². The molecule has 2 aromatic heterocycles. The van der Waals surface area contributed by atoms with Crippen LogP contribution < -0.4 is 5.56 Å². The zero-order valence-corrected chi connectivity index (χ0v) is 14.9. The maximum atomic E-state index is 12.6. The van der Waals surface area contributed by atoms with Crippen LogP contribution in [0.3, 0.4) is 0 Å². The second kappa shape index (κ2) is 6.37. The number of rotatable bonds is 3. The van der Waals surface area contributed by atoms with E-state index >= 15 is 0 Å². The first-order valence-electron chi connectivity index (χ1n) is 8.02. The second-order valence-electron chi connectivity index (χ2n) is 6.03. The van der Waals surface area contributed by atoms with Crippen molar-refractivity contribution in [3.63, 3.8) is 0 Å². The van der Waals surface area contributed by atoms with Gasteiger partial charge in [-0.05, 0) is 30.2 Å². The zero-order chi connectivity index (χ0) is 19.1. The highest BCUT2D eigenvalue weighted by Gasteiger charge is 2.14. The number of aromatic carboxylic acids is 1. The Morgan fingerprint density at radius 1 is 1.22 bits per heavy atom.